The summed E-state index contributed by atoms with van der Waals surface area (Å²) in [4.78, 5) is 19.0. The van der Waals surface area contributed by atoms with Gasteiger partial charge in [-0.15, -0.1) is 0 Å². The lowest BCUT2D eigenvalue weighted by molar-refractivity contribution is -0.139. The minimum atomic E-state index is -1.03. The number of aliphatic carboxylic acids is 1. The van der Waals surface area contributed by atoms with Crippen LogP contribution in [0.4, 0.5) is 5.95 Å². The second-order valence-electron chi connectivity index (χ2n) is 4.56. The van der Waals surface area contributed by atoms with Gasteiger partial charge in [0.2, 0.25) is 5.95 Å². The number of ether oxygens (including phenoxy) is 1. The number of anilines is 1. The van der Waals surface area contributed by atoms with E-state index in [0.29, 0.717) is 17.3 Å². The number of nitrogens with zero attached hydrogens (tertiary/aromatic N) is 3. The molecule has 2 rings (SSSR count). The number of carbonyl (C=O) groups is 1. The molecule has 0 aliphatic heterocycles. The van der Waals surface area contributed by atoms with Gasteiger partial charge in [-0.2, -0.15) is 5.10 Å². The number of benzene rings is 1. The molecule has 0 unspecified atom stereocenters. The predicted octanol–water partition coefficient (Wildman–Crippen LogP) is 2.00. The summed E-state index contributed by atoms with van der Waals surface area (Å²) in [7, 11) is 0. The van der Waals surface area contributed by atoms with Gasteiger partial charge in [-0.3, -0.25) is 0 Å². The van der Waals surface area contributed by atoms with Crippen molar-refractivity contribution in [1.29, 1.82) is 0 Å². The molecule has 0 radical (unpaired) electrons. The molecule has 0 aliphatic carbocycles. The zero-order valence-corrected chi connectivity index (χ0v) is 12.3. The normalized spacial score (nSPS) is 10.6. The monoisotopic (exact) mass is 300 g/mol. The topological polar surface area (TPSA) is 96.7 Å². The molecule has 0 saturated carbocycles. The minimum Gasteiger partial charge on any atom is -0.481 e. The summed E-state index contributed by atoms with van der Waals surface area (Å²) in [5.74, 6) is -0.192. The molecule has 114 valence electrons. The molecule has 2 N–H and O–H groups in total. The Labute approximate surface area is 127 Å². The van der Waals surface area contributed by atoms with Crippen LogP contribution in [0.15, 0.2) is 35.4 Å². The SMILES string of the molecule is Cc1cc(C)nc(N/N=C\c2ccccc2OCC(=O)O)n1. The van der Waals surface area contributed by atoms with Crippen LogP contribution >= 0.6 is 0 Å². The van der Waals surface area contributed by atoms with E-state index < -0.39 is 12.6 Å². The molecule has 0 amide bonds. The largest absolute Gasteiger partial charge is 0.481 e. The van der Waals surface area contributed by atoms with Crippen molar-refractivity contribution in [2.24, 2.45) is 5.10 Å². The highest BCUT2D eigenvalue weighted by atomic mass is 16.5. The first-order chi connectivity index (χ1) is 10.5. The molecule has 7 nitrogen and oxygen atoms in total. The molecule has 0 fully saturated rings. The van der Waals surface area contributed by atoms with Gasteiger partial charge in [0, 0.05) is 17.0 Å². The molecule has 1 aromatic heterocycles. The van der Waals surface area contributed by atoms with Gasteiger partial charge in [0.15, 0.2) is 6.61 Å². The van der Waals surface area contributed by atoms with Gasteiger partial charge < -0.3 is 9.84 Å². The molecule has 0 saturated heterocycles. The lowest BCUT2D eigenvalue weighted by Gasteiger charge is -2.06. The van der Waals surface area contributed by atoms with Crippen molar-refractivity contribution in [2.45, 2.75) is 13.8 Å². The van der Waals surface area contributed by atoms with E-state index in [9.17, 15) is 4.79 Å². The molecule has 22 heavy (non-hydrogen) atoms. The van der Waals surface area contributed by atoms with Gasteiger partial charge in [0.1, 0.15) is 5.75 Å². The highest BCUT2D eigenvalue weighted by molar-refractivity contribution is 5.84. The zero-order valence-electron chi connectivity index (χ0n) is 12.3. The highest BCUT2D eigenvalue weighted by Gasteiger charge is 2.03. The van der Waals surface area contributed by atoms with E-state index in [-0.39, 0.29) is 0 Å². The average molecular weight is 300 g/mol. The molecule has 0 bridgehead atoms. The number of aryl methyl sites for hydroxylation is 2. The van der Waals surface area contributed by atoms with E-state index in [1.54, 1.807) is 18.2 Å². The van der Waals surface area contributed by atoms with Crippen molar-refractivity contribution in [2.75, 3.05) is 12.0 Å². The van der Waals surface area contributed by atoms with Crippen LogP contribution in [0.3, 0.4) is 0 Å². The lowest BCUT2D eigenvalue weighted by Crippen LogP contribution is -2.10. The molecule has 0 aliphatic rings. The van der Waals surface area contributed by atoms with Crippen LogP contribution in [-0.2, 0) is 4.79 Å². The summed E-state index contributed by atoms with van der Waals surface area (Å²) in [6.07, 6.45) is 1.53. The Morgan fingerprint density at radius 3 is 2.68 bits per heavy atom. The Balaban J connectivity index is 2.08. The fourth-order valence-corrected chi connectivity index (χ4v) is 1.79. The smallest absolute Gasteiger partial charge is 0.341 e. The van der Waals surface area contributed by atoms with Gasteiger partial charge in [-0.05, 0) is 32.0 Å². The Morgan fingerprint density at radius 1 is 1.32 bits per heavy atom. The maximum Gasteiger partial charge on any atom is 0.341 e. The second-order valence-corrected chi connectivity index (χ2v) is 4.56. The third-order valence-electron chi connectivity index (χ3n) is 2.62. The summed E-state index contributed by atoms with van der Waals surface area (Å²) in [5, 5.41) is 12.7. The number of rotatable bonds is 6. The van der Waals surface area contributed by atoms with Crippen LogP contribution in [0, 0.1) is 13.8 Å². The maximum absolute atomic E-state index is 10.6. The Hall–Kier alpha value is -2.96. The van der Waals surface area contributed by atoms with E-state index >= 15 is 0 Å². The summed E-state index contributed by atoms with van der Waals surface area (Å²) in [5.41, 5.74) is 5.08. The standard InChI is InChI=1S/C15H16N4O3/c1-10-7-11(2)18-15(17-10)19-16-8-12-5-3-4-6-13(12)22-9-14(20)21/h3-8H,9H2,1-2H3,(H,20,21)(H,17,18,19)/b16-8-. The fourth-order valence-electron chi connectivity index (χ4n) is 1.79. The number of hydrogen-bond donors (Lipinski definition) is 2. The zero-order chi connectivity index (χ0) is 15.9. The molecule has 2 aromatic rings. The van der Waals surface area contributed by atoms with Crippen molar-refractivity contribution in [3.63, 3.8) is 0 Å². The van der Waals surface area contributed by atoms with E-state index in [2.05, 4.69) is 20.5 Å². The van der Waals surface area contributed by atoms with Crippen molar-refractivity contribution in [1.82, 2.24) is 9.97 Å². The molecule has 0 atom stereocenters. The van der Waals surface area contributed by atoms with Crippen LogP contribution in [0.25, 0.3) is 0 Å². The number of aromatic nitrogens is 2. The van der Waals surface area contributed by atoms with E-state index in [1.165, 1.54) is 6.21 Å². The minimum absolute atomic E-state index is 0.401. The van der Waals surface area contributed by atoms with Crippen molar-refractivity contribution in [3.8, 4) is 5.75 Å². The maximum atomic E-state index is 10.6. The average Bonchev–Trinajstić information content (AvgIpc) is 2.45. The molecular formula is C15H16N4O3. The van der Waals surface area contributed by atoms with Gasteiger partial charge in [-0.1, -0.05) is 12.1 Å². The fraction of sp³-hybridized carbons (Fsp3) is 0.200. The first-order valence-corrected chi connectivity index (χ1v) is 6.59. The van der Waals surface area contributed by atoms with Gasteiger partial charge in [0.05, 0.1) is 6.21 Å². The van der Waals surface area contributed by atoms with E-state index in [1.807, 2.05) is 26.0 Å². The van der Waals surface area contributed by atoms with Gasteiger partial charge in [-0.25, -0.2) is 20.2 Å². The number of hydrazone groups is 1. The molecule has 1 aromatic carbocycles. The van der Waals surface area contributed by atoms with Crippen LogP contribution < -0.4 is 10.2 Å². The molecule has 1 heterocycles. The predicted molar refractivity (Wildman–Crippen MR) is 82.3 cm³/mol. The highest BCUT2D eigenvalue weighted by Crippen LogP contribution is 2.15. The Morgan fingerprint density at radius 2 is 2.00 bits per heavy atom. The number of para-hydroxylation sites is 1. The summed E-state index contributed by atoms with van der Waals surface area (Å²) in [6, 6.07) is 8.88. The summed E-state index contributed by atoms with van der Waals surface area (Å²) < 4.78 is 5.19. The third-order valence-corrected chi connectivity index (χ3v) is 2.62. The molecule has 0 spiro atoms. The van der Waals surface area contributed by atoms with Crippen LogP contribution in [-0.4, -0.2) is 33.9 Å². The number of nitrogens with one attached hydrogen (secondary N) is 1. The van der Waals surface area contributed by atoms with Crippen LogP contribution in [0.2, 0.25) is 0 Å². The summed E-state index contributed by atoms with van der Waals surface area (Å²) in [6.45, 7) is 3.34. The molecular weight excluding hydrogens is 284 g/mol. The number of carboxylic acid groups (broad SMARTS) is 1. The number of carboxylic acids is 1. The Bertz CT molecular complexity index is 681. The van der Waals surface area contributed by atoms with E-state index in [0.717, 1.165) is 11.4 Å². The van der Waals surface area contributed by atoms with Gasteiger partial charge >= 0.3 is 5.97 Å². The third kappa shape index (κ3) is 4.55. The number of hydrogen-bond acceptors (Lipinski definition) is 6. The Kier molecular flexibility index (Phi) is 5.02. The van der Waals surface area contributed by atoms with Gasteiger partial charge in [0.25, 0.3) is 0 Å². The van der Waals surface area contributed by atoms with Crippen LogP contribution in [0.5, 0.6) is 5.75 Å². The van der Waals surface area contributed by atoms with Crippen molar-refractivity contribution < 1.29 is 14.6 Å². The lowest BCUT2D eigenvalue weighted by atomic mass is 10.2. The second kappa shape index (κ2) is 7.16. The van der Waals surface area contributed by atoms with Crippen LogP contribution in [0.1, 0.15) is 17.0 Å². The van der Waals surface area contributed by atoms with Crippen molar-refractivity contribution >= 4 is 18.1 Å². The van der Waals surface area contributed by atoms with Crippen molar-refractivity contribution in [3.05, 3.63) is 47.3 Å². The first-order valence-electron chi connectivity index (χ1n) is 6.59. The molecule has 7 heteroatoms. The van der Waals surface area contributed by atoms with E-state index in [4.69, 9.17) is 9.84 Å². The first kappa shape index (κ1) is 15.4. The quantitative estimate of drug-likeness (QED) is 0.625. The summed E-state index contributed by atoms with van der Waals surface area (Å²) >= 11 is 0.